The summed E-state index contributed by atoms with van der Waals surface area (Å²) < 4.78 is 7.59. The fraction of sp³-hybridized carbons (Fsp3) is 0.476. The molecule has 25 heavy (non-hydrogen) atoms. The van der Waals surface area contributed by atoms with Crippen molar-refractivity contribution < 1.29 is 9.53 Å². The van der Waals surface area contributed by atoms with E-state index >= 15 is 0 Å². The predicted molar refractivity (Wildman–Crippen MR) is 97.2 cm³/mol. The number of nitrogens with zero attached hydrogens (tertiary/aromatic N) is 2. The zero-order chi connectivity index (χ0) is 17.3. The average molecular weight is 336 g/mol. The van der Waals surface area contributed by atoms with Crippen LogP contribution < -0.4 is 0 Å². The minimum Gasteiger partial charge on any atom is -0.469 e. The number of methoxy groups -OCH3 is 1. The SMILES string of the molecule is CC=C1CN2[C@H]3C[C@@H]1[C@@H](C(=O)OC)[C@@H]2Cc1c3n(C)c2ccccc12. The Balaban J connectivity index is 1.71. The highest BCUT2D eigenvalue weighted by molar-refractivity contribution is 5.86. The van der Waals surface area contributed by atoms with Crippen LogP contribution in [0.15, 0.2) is 35.9 Å². The van der Waals surface area contributed by atoms with Crippen molar-refractivity contribution in [2.75, 3.05) is 13.7 Å². The minimum absolute atomic E-state index is 0.0340. The Hall–Kier alpha value is -2.07. The van der Waals surface area contributed by atoms with Crippen molar-refractivity contribution in [3.63, 3.8) is 0 Å². The number of para-hydroxylation sites is 1. The molecule has 3 saturated heterocycles. The molecule has 1 aromatic heterocycles. The zero-order valence-corrected chi connectivity index (χ0v) is 15.0. The van der Waals surface area contributed by atoms with Gasteiger partial charge in [0.15, 0.2) is 0 Å². The third-order valence-corrected chi connectivity index (χ3v) is 6.83. The lowest BCUT2D eigenvalue weighted by molar-refractivity contribution is -0.157. The normalized spacial score (nSPS) is 34.4. The molecular formula is C21H24N2O2. The van der Waals surface area contributed by atoms with E-state index in [2.05, 4.69) is 53.8 Å². The number of aromatic nitrogens is 1. The molecule has 0 radical (unpaired) electrons. The Kier molecular flexibility index (Phi) is 3.17. The van der Waals surface area contributed by atoms with Crippen LogP contribution in [-0.2, 0) is 23.0 Å². The van der Waals surface area contributed by atoms with E-state index in [1.165, 1.54) is 34.8 Å². The molecule has 1 aromatic carbocycles. The second-order valence-corrected chi connectivity index (χ2v) is 7.65. The van der Waals surface area contributed by atoms with Gasteiger partial charge in [-0.25, -0.2) is 0 Å². The molecule has 4 nitrogen and oxygen atoms in total. The van der Waals surface area contributed by atoms with E-state index < -0.39 is 0 Å². The number of allylic oxidation sites excluding steroid dienone is 1. The van der Waals surface area contributed by atoms with Gasteiger partial charge in [0.05, 0.1) is 19.1 Å². The van der Waals surface area contributed by atoms with Crippen molar-refractivity contribution in [2.24, 2.45) is 18.9 Å². The summed E-state index contributed by atoms with van der Waals surface area (Å²) in [6.45, 7) is 3.09. The van der Waals surface area contributed by atoms with Crippen LogP contribution in [0, 0.1) is 11.8 Å². The van der Waals surface area contributed by atoms with Gasteiger partial charge in [-0.15, -0.1) is 0 Å². The van der Waals surface area contributed by atoms with E-state index in [1.807, 2.05) is 0 Å². The maximum atomic E-state index is 12.6. The molecular weight excluding hydrogens is 312 g/mol. The number of ether oxygens (including phenoxy) is 1. The number of aryl methyl sites for hydroxylation is 1. The summed E-state index contributed by atoms with van der Waals surface area (Å²) in [5.74, 6) is 0.248. The smallest absolute Gasteiger partial charge is 0.310 e. The maximum absolute atomic E-state index is 12.6. The Labute approximate surface area is 148 Å². The minimum atomic E-state index is -0.0406. The van der Waals surface area contributed by atoms with Gasteiger partial charge in [0.2, 0.25) is 0 Å². The number of fused-ring (bicyclic) bond motifs is 4. The largest absolute Gasteiger partial charge is 0.469 e. The van der Waals surface area contributed by atoms with E-state index in [0.29, 0.717) is 12.0 Å². The maximum Gasteiger partial charge on any atom is 0.310 e. The summed E-state index contributed by atoms with van der Waals surface area (Å²) >= 11 is 0. The molecule has 4 bridgehead atoms. The van der Waals surface area contributed by atoms with Crippen LogP contribution in [0.2, 0.25) is 0 Å². The van der Waals surface area contributed by atoms with Crippen molar-refractivity contribution in [1.29, 1.82) is 0 Å². The first kappa shape index (κ1) is 15.2. The first-order chi connectivity index (χ1) is 12.2. The monoisotopic (exact) mass is 336 g/mol. The first-order valence-corrected chi connectivity index (χ1v) is 9.20. The van der Waals surface area contributed by atoms with E-state index in [9.17, 15) is 4.79 Å². The fourth-order valence-electron chi connectivity index (χ4n) is 5.78. The molecule has 0 aliphatic carbocycles. The van der Waals surface area contributed by atoms with Gasteiger partial charge >= 0.3 is 5.97 Å². The Morgan fingerprint density at radius 3 is 2.88 bits per heavy atom. The predicted octanol–water partition coefficient (Wildman–Crippen LogP) is 3.22. The molecule has 0 saturated carbocycles. The zero-order valence-electron chi connectivity index (χ0n) is 15.0. The van der Waals surface area contributed by atoms with Crippen LogP contribution in [0.5, 0.6) is 0 Å². The summed E-state index contributed by atoms with van der Waals surface area (Å²) in [7, 11) is 3.72. The van der Waals surface area contributed by atoms with Gasteiger partial charge in [-0.1, -0.05) is 29.8 Å². The molecule has 5 atom stereocenters. The van der Waals surface area contributed by atoms with E-state index in [0.717, 1.165) is 19.4 Å². The van der Waals surface area contributed by atoms with Crippen molar-refractivity contribution in [1.82, 2.24) is 9.47 Å². The van der Waals surface area contributed by atoms with Crippen LogP contribution in [-0.4, -0.2) is 35.1 Å². The number of hydrogen-bond acceptors (Lipinski definition) is 3. The molecule has 130 valence electrons. The molecule has 6 rings (SSSR count). The molecule has 0 spiro atoms. The van der Waals surface area contributed by atoms with E-state index in [-0.39, 0.29) is 17.9 Å². The third-order valence-electron chi connectivity index (χ3n) is 6.83. The molecule has 3 fully saturated rings. The molecule has 4 aliphatic rings. The number of hydrogen-bond donors (Lipinski definition) is 0. The van der Waals surface area contributed by atoms with Gasteiger partial charge in [0, 0.05) is 36.2 Å². The van der Waals surface area contributed by atoms with E-state index in [1.54, 1.807) is 0 Å². The summed E-state index contributed by atoms with van der Waals surface area (Å²) in [5, 5.41) is 1.35. The molecule has 0 amide bonds. The highest BCUT2D eigenvalue weighted by Gasteiger charge is 2.55. The molecule has 0 N–H and O–H groups in total. The summed E-state index contributed by atoms with van der Waals surface area (Å²) in [6.07, 6.45) is 4.18. The second-order valence-electron chi connectivity index (χ2n) is 7.65. The number of piperidine rings is 3. The topological polar surface area (TPSA) is 34.5 Å². The highest BCUT2D eigenvalue weighted by atomic mass is 16.5. The molecule has 5 heterocycles. The first-order valence-electron chi connectivity index (χ1n) is 9.20. The van der Waals surface area contributed by atoms with Crippen LogP contribution in [0.4, 0.5) is 0 Å². The average Bonchev–Trinajstić information content (AvgIpc) is 2.93. The Bertz CT molecular complexity index is 910. The third kappa shape index (κ3) is 1.83. The highest BCUT2D eigenvalue weighted by Crippen LogP contribution is 2.54. The summed E-state index contributed by atoms with van der Waals surface area (Å²) in [6, 6.07) is 9.35. The Morgan fingerprint density at radius 2 is 2.12 bits per heavy atom. The van der Waals surface area contributed by atoms with Crippen LogP contribution in [0.3, 0.4) is 0 Å². The second kappa shape index (κ2) is 5.21. The van der Waals surface area contributed by atoms with Crippen LogP contribution in [0.1, 0.15) is 30.6 Å². The number of esters is 1. The number of benzene rings is 1. The van der Waals surface area contributed by atoms with Crippen molar-refractivity contribution in [2.45, 2.75) is 31.8 Å². The number of rotatable bonds is 1. The quantitative estimate of drug-likeness (QED) is 0.592. The van der Waals surface area contributed by atoms with Crippen LogP contribution >= 0.6 is 0 Å². The summed E-state index contributed by atoms with van der Waals surface area (Å²) in [4.78, 5) is 15.2. The lowest BCUT2D eigenvalue weighted by Crippen LogP contribution is -2.62. The van der Waals surface area contributed by atoms with Gasteiger partial charge in [0.25, 0.3) is 0 Å². The van der Waals surface area contributed by atoms with E-state index in [4.69, 9.17) is 4.74 Å². The van der Waals surface area contributed by atoms with Crippen LogP contribution in [0.25, 0.3) is 10.9 Å². The van der Waals surface area contributed by atoms with Gasteiger partial charge < -0.3 is 9.30 Å². The fourth-order valence-corrected chi connectivity index (χ4v) is 5.78. The standard InChI is InChI=1S/C21H24N2O2/c1-4-12-11-23-17-10-15-13-7-5-6-8-16(13)22(2)20(15)18(23)9-14(12)19(17)21(24)25-3/h4-8,14,17-19H,9-11H2,1-3H3/t14-,17-,18-,19+/m0/s1. The molecule has 1 unspecified atom stereocenters. The van der Waals surface area contributed by atoms with Crippen molar-refractivity contribution >= 4 is 16.9 Å². The molecule has 4 heteroatoms. The van der Waals surface area contributed by atoms with Crippen molar-refractivity contribution in [3.8, 4) is 0 Å². The molecule has 2 aromatic rings. The van der Waals surface area contributed by atoms with Gasteiger partial charge in [-0.05, 0) is 37.3 Å². The molecule has 4 aliphatic heterocycles. The van der Waals surface area contributed by atoms with Gasteiger partial charge in [0.1, 0.15) is 0 Å². The summed E-state index contributed by atoms with van der Waals surface area (Å²) in [5.41, 5.74) is 5.62. The lowest BCUT2D eigenvalue weighted by atomic mass is 9.64. The van der Waals surface area contributed by atoms with Gasteiger partial charge in [-0.2, -0.15) is 0 Å². The Morgan fingerprint density at radius 1 is 1.32 bits per heavy atom. The van der Waals surface area contributed by atoms with Gasteiger partial charge in [-0.3, -0.25) is 9.69 Å². The van der Waals surface area contributed by atoms with Crippen molar-refractivity contribution in [3.05, 3.63) is 47.2 Å². The number of carbonyl (C=O) groups excluding carboxylic acids is 1. The lowest BCUT2D eigenvalue weighted by Gasteiger charge is -2.57. The number of carbonyl (C=O) groups is 1.